The molecule has 0 aliphatic heterocycles. The maximum atomic E-state index is 14.1. The summed E-state index contributed by atoms with van der Waals surface area (Å²) in [5.41, 5.74) is -0.767. The van der Waals surface area contributed by atoms with E-state index < -0.39 is 17.7 Å². The van der Waals surface area contributed by atoms with Gasteiger partial charge in [-0.2, -0.15) is 18.3 Å². The molecule has 2 heterocycles. The van der Waals surface area contributed by atoms with E-state index in [1.54, 1.807) is 0 Å². The average Bonchev–Trinajstić information content (AvgIpc) is 2.87. The van der Waals surface area contributed by atoms with E-state index in [9.17, 15) is 17.6 Å². The standard InChI is InChI=1S/C12H12F4N4/c1-2-17-7-8-3-5-18-11(10(8)13)20-6-4-9(19-20)12(14,15)16/h3-6,17H,2,7H2,1H3. The van der Waals surface area contributed by atoms with Crippen LogP contribution in [0.5, 0.6) is 0 Å². The van der Waals surface area contributed by atoms with Crippen molar-refractivity contribution in [1.82, 2.24) is 20.1 Å². The molecule has 108 valence electrons. The summed E-state index contributed by atoms with van der Waals surface area (Å²) in [6.07, 6.45) is -2.20. The molecule has 0 unspecified atom stereocenters. The Kier molecular flexibility index (Phi) is 4.03. The van der Waals surface area contributed by atoms with Gasteiger partial charge < -0.3 is 5.32 Å². The molecule has 0 bridgehead atoms. The average molecular weight is 288 g/mol. The van der Waals surface area contributed by atoms with Crippen molar-refractivity contribution in [1.29, 1.82) is 0 Å². The van der Waals surface area contributed by atoms with Crippen molar-refractivity contribution in [2.24, 2.45) is 0 Å². The van der Waals surface area contributed by atoms with Gasteiger partial charge in [0.1, 0.15) is 0 Å². The Bertz CT molecular complexity index is 591. The number of nitrogens with one attached hydrogen (secondary N) is 1. The minimum absolute atomic E-state index is 0.254. The van der Waals surface area contributed by atoms with Gasteiger partial charge in [-0.15, -0.1) is 0 Å². The molecule has 4 nitrogen and oxygen atoms in total. The predicted molar refractivity (Wildman–Crippen MR) is 63.7 cm³/mol. The molecule has 8 heteroatoms. The topological polar surface area (TPSA) is 42.7 Å². The summed E-state index contributed by atoms with van der Waals surface area (Å²) in [6.45, 7) is 2.78. The second kappa shape index (κ2) is 5.58. The zero-order valence-corrected chi connectivity index (χ0v) is 10.6. The van der Waals surface area contributed by atoms with E-state index in [2.05, 4.69) is 15.4 Å². The summed E-state index contributed by atoms with van der Waals surface area (Å²) in [4.78, 5) is 3.74. The van der Waals surface area contributed by atoms with Crippen LogP contribution < -0.4 is 5.32 Å². The molecule has 0 aromatic carbocycles. The van der Waals surface area contributed by atoms with Crippen molar-refractivity contribution in [3.63, 3.8) is 0 Å². The molecular weight excluding hydrogens is 276 g/mol. The van der Waals surface area contributed by atoms with Crippen LogP contribution in [0.4, 0.5) is 17.6 Å². The Morgan fingerprint density at radius 1 is 1.30 bits per heavy atom. The fourth-order valence-corrected chi connectivity index (χ4v) is 1.62. The fraction of sp³-hybridized carbons (Fsp3) is 0.333. The van der Waals surface area contributed by atoms with Crippen LogP contribution in [0.3, 0.4) is 0 Å². The highest BCUT2D eigenvalue weighted by Gasteiger charge is 2.34. The highest BCUT2D eigenvalue weighted by molar-refractivity contribution is 5.30. The quantitative estimate of drug-likeness (QED) is 0.879. The summed E-state index contributed by atoms with van der Waals surface area (Å²) < 4.78 is 52.3. The number of nitrogens with zero attached hydrogens (tertiary/aromatic N) is 3. The minimum Gasteiger partial charge on any atom is -0.313 e. The van der Waals surface area contributed by atoms with Gasteiger partial charge in [-0.05, 0) is 18.7 Å². The summed E-state index contributed by atoms with van der Waals surface area (Å²) in [5, 5.41) is 6.24. The van der Waals surface area contributed by atoms with Crippen LogP contribution in [-0.2, 0) is 12.7 Å². The Morgan fingerprint density at radius 3 is 2.65 bits per heavy atom. The molecule has 2 rings (SSSR count). The molecule has 0 amide bonds. The molecule has 0 atom stereocenters. The van der Waals surface area contributed by atoms with Gasteiger partial charge in [0.2, 0.25) is 0 Å². The highest BCUT2D eigenvalue weighted by Crippen LogP contribution is 2.28. The maximum Gasteiger partial charge on any atom is 0.435 e. The molecule has 0 saturated heterocycles. The molecule has 2 aromatic heterocycles. The first kappa shape index (κ1) is 14.4. The van der Waals surface area contributed by atoms with Gasteiger partial charge in [-0.1, -0.05) is 6.92 Å². The fourth-order valence-electron chi connectivity index (χ4n) is 1.62. The van der Waals surface area contributed by atoms with Gasteiger partial charge in [0, 0.05) is 24.5 Å². The number of rotatable bonds is 4. The van der Waals surface area contributed by atoms with E-state index in [0.717, 1.165) is 16.9 Å². The number of hydrogen-bond donors (Lipinski definition) is 1. The molecule has 20 heavy (non-hydrogen) atoms. The summed E-state index contributed by atoms with van der Waals surface area (Å²) in [7, 11) is 0. The third-order valence-corrected chi connectivity index (χ3v) is 2.61. The summed E-state index contributed by atoms with van der Waals surface area (Å²) in [6, 6.07) is 2.24. The van der Waals surface area contributed by atoms with Crippen molar-refractivity contribution in [3.05, 3.63) is 41.6 Å². The van der Waals surface area contributed by atoms with Gasteiger partial charge in [-0.25, -0.2) is 14.1 Å². The number of pyridine rings is 1. The van der Waals surface area contributed by atoms with Crippen molar-refractivity contribution in [2.75, 3.05) is 6.54 Å². The van der Waals surface area contributed by atoms with Gasteiger partial charge in [0.15, 0.2) is 17.3 Å². The second-order valence-electron chi connectivity index (χ2n) is 4.03. The molecular formula is C12H12F4N4. The van der Waals surface area contributed by atoms with Gasteiger partial charge in [0.05, 0.1) is 0 Å². The normalized spacial score (nSPS) is 11.8. The first-order valence-corrected chi connectivity index (χ1v) is 5.90. The minimum atomic E-state index is -4.57. The lowest BCUT2D eigenvalue weighted by Crippen LogP contribution is -2.15. The van der Waals surface area contributed by atoms with E-state index in [4.69, 9.17) is 0 Å². The van der Waals surface area contributed by atoms with E-state index in [1.807, 2.05) is 6.92 Å². The van der Waals surface area contributed by atoms with Crippen molar-refractivity contribution >= 4 is 0 Å². The largest absolute Gasteiger partial charge is 0.435 e. The lowest BCUT2D eigenvalue weighted by atomic mass is 10.2. The van der Waals surface area contributed by atoms with Crippen molar-refractivity contribution in [2.45, 2.75) is 19.6 Å². The number of halogens is 4. The third kappa shape index (κ3) is 2.96. The summed E-state index contributed by atoms with van der Waals surface area (Å²) in [5.74, 6) is -0.943. The third-order valence-electron chi connectivity index (χ3n) is 2.61. The van der Waals surface area contributed by atoms with Crippen molar-refractivity contribution < 1.29 is 17.6 Å². The molecule has 0 saturated carbocycles. The van der Waals surface area contributed by atoms with Crippen LogP contribution in [0.15, 0.2) is 24.5 Å². The number of hydrogen-bond acceptors (Lipinski definition) is 3. The van der Waals surface area contributed by atoms with E-state index in [0.29, 0.717) is 12.1 Å². The van der Waals surface area contributed by atoms with Crippen LogP contribution in [0.1, 0.15) is 18.2 Å². The second-order valence-corrected chi connectivity index (χ2v) is 4.03. The zero-order chi connectivity index (χ0) is 14.8. The van der Waals surface area contributed by atoms with Crippen LogP contribution in [0.25, 0.3) is 5.82 Å². The molecule has 0 fully saturated rings. The van der Waals surface area contributed by atoms with Gasteiger partial charge in [0.25, 0.3) is 0 Å². The highest BCUT2D eigenvalue weighted by atomic mass is 19.4. The maximum absolute atomic E-state index is 14.1. The zero-order valence-electron chi connectivity index (χ0n) is 10.6. The van der Waals surface area contributed by atoms with E-state index >= 15 is 0 Å². The lowest BCUT2D eigenvalue weighted by Gasteiger charge is -2.08. The van der Waals surface area contributed by atoms with Crippen LogP contribution in [0, 0.1) is 5.82 Å². The Hall–Kier alpha value is -1.96. The lowest BCUT2D eigenvalue weighted by molar-refractivity contribution is -0.141. The molecule has 0 aliphatic rings. The van der Waals surface area contributed by atoms with Gasteiger partial charge in [-0.3, -0.25) is 0 Å². The first-order chi connectivity index (χ1) is 9.43. The first-order valence-electron chi connectivity index (χ1n) is 5.90. The van der Waals surface area contributed by atoms with Crippen LogP contribution >= 0.6 is 0 Å². The SMILES string of the molecule is CCNCc1ccnc(-n2ccc(C(F)(F)F)n2)c1F. The Morgan fingerprint density at radius 2 is 2.05 bits per heavy atom. The molecule has 2 aromatic rings. The Labute approximate surface area is 112 Å². The smallest absolute Gasteiger partial charge is 0.313 e. The van der Waals surface area contributed by atoms with Crippen LogP contribution in [-0.4, -0.2) is 21.3 Å². The van der Waals surface area contributed by atoms with E-state index in [1.165, 1.54) is 12.3 Å². The summed E-state index contributed by atoms with van der Waals surface area (Å²) >= 11 is 0. The van der Waals surface area contributed by atoms with Crippen LogP contribution in [0.2, 0.25) is 0 Å². The van der Waals surface area contributed by atoms with E-state index in [-0.39, 0.29) is 12.4 Å². The number of alkyl halides is 3. The van der Waals surface area contributed by atoms with Gasteiger partial charge >= 0.3 is 6.18 Å². The predicted octanol–water partition coefficient (Wildman–Crippen LogP) is 2.53. The Balaban J connectivity index is 2.35. The monoisotopic (exact) mass is 288 g/mol. The molecule has 0 radical (unpaired) electrons. The number of aromatic nitrogens is 3. The molecule has 1 N–H and O–H groups in total. The molecule has 0 spiro atoms. The van der Waals surface area contributed by atoms with Crippen molar-refractivity contribution in [3.8, 4) is 5.82 Å². The molecule has 0 aliphatic carbocycles.